The Kier molecular flexibility index (Phi) is 21.5. The molecule has 0 saturated carbocycles. The van der Waals surface area contributed by atoms with Gasteiger partial charge in [0.05, 0.1) is 0 Å². The molecule has 0 aliphatic rings. The predicted molar refractivity (Wildman–Crippen MR) is 39.8 cm³/mol. The average Bonchev–Trinajstić information content (AvgIpc) is 1.79. The molecular formula is C6H8O8Zn2. The van der Waals surface area contributed by atoms with Crippen molar-refractivity contribution in [3.8, 4) is 0 Å². The van der Waals surface area contributed by atoms with Crippen LogP contribution in [0, 0.1) is 0 Å². The van der Waals surface area contributed by atoms with Crippen molar-refractivity contribution in [2.75, 3.05) is 0 Å². The van der Waals surface area contributed by atoms with Gasteiger partial charge >= 0.3 is 23.9 Å². The molecule has 0 spiro atoms. The molecule has 0 radical (unpaired) electrons. The number of carboxylic acid groups (broad SMARTS) is 4. The fraction of sp³-hybridized carbons (Fsp3) is 0.333. The first kappa shape index (κ1) is 24.4. The van der Waals surface area contributed by atoms with Crippen molar-refractivity contribution in [1.29, 1.82) is 0 Å². The van der Waals surface area contributed by atoms with Crippen LogP contribution in [0.25, 0.3) is 0 Å². The summed E-state index contributed by atoms with van der Waals surface area (Å²) in [4.78, 5) is 37.7. The maximum absolute atomic E-state index is 9.43. The normalized spacial score (nSPS) is 7.00. The van der Waals surface area contributed by atoms with Crippen molar-refractivity contribution in [1.82, 2.24) is 0 Å². The molecule has 0 amide bonds. The monoisotopic (exact) mass is 336 g/mol. The van der Waals surface area contributed by atoms with E-state index in [-0.39, 0.29) is 39.0 Å². The third kappa shape index (κ3) is 38.0. The molecule has 84 valence electrons. The van der Waals surface area contributed by atoms with Gasteiger partial charge in [0.2, 0.25) is 0 Å². The SMILES string of the molecule is O=C(O)CC(=O)O.O=C(O)CC(=O)O.[Zn].[Zn]. The third-order valence-electron chi connectivity index (χ3n) is 0.605. The number of carboxylic acids is 4. The second-order valence-corrected chi connectivity index (χ2v) is 1.93. The number of rotatable bonds is 4. The summed E-state index contributed by atoms with van der Waals surface area (Å²) in [5.41, 5.74) is 0. The molecule has 16 heavy (non-hydrogen) atoms. The molecule has 0 aromatic heterocycles. The fourth-order valence-corrected chi connectivity index (χ4v) is 0.259. The van der Waals surface area contributed by atoms with Gasteiger partial charge in [0.25, 0.3) is 0 Å². The molecule has 0 rings (SSSR count). The van der Waals surface area contributed by atoms with Gasteiger partial charge in [-0.3, -0.25) is 19.2 Å². The van der Waals surface area contributed by atoms with Crippen LogP contribution in [-0.2, 0) is 58.1 Å². The van der Waals surface area contributed by atoms with Crippen molar-refractivity contribution in [3.05, 3.63) is 0 Å². The summed E-state index contributed by atoms with van der Waals surface area (Å²) in [6, 6.07) is 0. The Morgan fingerprint density at radius 2 is 0.688 bits per heavy atom. The minimum absolute atomic E-state index is 0. The van der Waals surface area contributed by atoms with Crippen LogP contribution in [0.1, 0.15) is 12.8 Å². The molecule has 0 aliphatic heterocycles. The van der Waals surface area contributed by atoms with Gasteiger partial charge < -0.3 is 20.4 Å². The predicted octanol–water partition coefficient (Wildman–Crippen LogP) is -0.914. The second-order valence-electron chi connectivity index (χ2n) is 1.93. The van der Waals surface area contributed by atoms with Crippen LogP contribution in [0.3, 0.4) is 0 Å². The average molecular weight is 339 g/mol. The Morgan fingerprint density at radius 3 is 0.688 bits per heavy atom. The van der Waals surface area contributed by atoms with Gasteiger partial charge in [-0.1, -0.05) is 0 Å². The molecule has 0 atom stereocenters. The molecular weight excluding hydrogens is 331 g/mol. The molecule has 0 aromatic rings. The zero-order valence-corrected chi connectivity index (χ0v) is 14.2. The maximum Gasteiger partial charge on any atom is 0.314 e. The number of hydrogen-bond donors (Lipinski definition) is 4. The summed E-state index contributed by atoms with van der Waals surface area (Å²) in [6.45, 7) is 0. The Bertz CT molecular complexity index is 201. The van der Waals surface area contributed by atoms with Crippen LogP contribution in [0.15, 0.2) is 0 Å². The van der Waals surface area contributed by atoms with Gasteiger partial charge in [0, 0.05) is 39.0 Å². The Balaban J connectivity index is -0.0000000800. The molecule has 0 heterocycles. The second kappa shape index (κ2) is 14.1. The summed E-state index contributed by atoms with van der Waals surface area (Å²) in [7, 11) is 0. The standard InChI is InChI=1S/2C3H4O4.2Zn/c2*4-2(5)1-3(6)7;;/h2*1H2,(H,4,5)(H,6,7);;. The molecule has 10 heteroatoms. The zero-order valence-electron chi connectivity index (χ0n) is 8.25. The summed E-state index contributed by atoms with van der Waals surface area (Å²) in [6.07, 6.45) is -1.61. The van der Waals surface area contributed by atoms with E-state index in [1.54, 1.807) is 0 Å². The number of hydrogen-bond acceptors (Lipinski definition) is 4. The van der Waals surface area contributed by atoms with E-state index in [1.165, 1.54) is 0 Å². The molecule has 4 N–H and O–H groups in total. The molecule has 0 bridgehead atoms. The van der Waals surface area contributed by atoms with Crippen molar-refractivity contribution in [2.45, 2.75) is 12.8 Å². The Hall–Kier alpha value is -0.873. The topological polar surface area (TPSA) is 149 Å². The molecule has 0 fully saturated rings. The van der Waals surface area contributed by atoms with E-state index in [1.807, 2.05) is 0 Å². The van der Waals surface area contributed by atoms with E-state index >= 15 is 0 Å². The first-order chi connectivity index (χ1) is 6.25. The van der Waals surface area contributed by atoms with Gasteiger partial charge in [0.1, 0.15) is 12.8 Å². The van der Waals surface area contributed by atoms with Crippen LogP contribution >= 0.6 is 0 Å². The van der Waals surface area contributed by atoms with Gasteiger partial charge in [-0.05, 0) is 0 Å². The van der Waals surface area contributed by atoms with E-state index in [9.17, 15) is 19.2 Å². The van der Waals surface area contributed by atoms with Crippen LogP contribution in [0.4, 0.5) is 0 Å². The maximum atomic E-state index is 9.43. The Labute approximate surface area is 115 Å². The fourth-order valence-electron chi connectivity index (χ4n) is 0.259. The van der Waals surface area contributed by atoms with E-state index in [2.05, 4.69) is 0 Å². The van der Waals surface area contributed by atoms with Gasteiger partial charge in [0.15, 0.2) is 0 Å². The zero-order chi connectivity index (χ0) is 11.7. The van der Waals surface area contributed by atoms with Gasteiger partial charge in [-0.25, -0.2) is 0 Å². The summed E-state index contributed by atoms with van der Waals surface area (Å²) >= 11 is 0. The smallest absolute Gasteiger partial charge is 0.314 e. The number of carbonyl (C=O) groups is 4. The summed E-state index contributed by atoms with van der Waals surface area (Å²) in [5.74, 6) is -5.25. The van der Waals surface area contributed by atoms with E-state index in [0.717, 1.165) is 0 Å². The first-order valence-electron chi connectivity index (χ1n) is 3.13. The van der Waals surface area contributed by atoms with Crippen LogP contribution in [0.2, 0.25) is 0 Å². The largest absolute Gasteiger partial charge is 0.481 e. The van der Waals surface area contributed by atoms with Crippen LogP contribution in [0.5, 0.6) is 0 Å². The van der Waals surface area contributed by atoms with Crippen LogP contribution in [-0.4, -0.2) is 44.3 Å². The first-order valence-corrected chi connectivity index (χ1v) is 3.13. The molecule has 8 nitrogen and oxygen atoms in total. The van der Waals surface area contributed by atoms with E-state index in [0.29, 0.717) is 0 Å². The van der Waals surface area contributed by atoms with E-state index < -0.39 is 36.7 Å². The van der Waals surface area contributed by atoms with Gasteiger partial charge in [-0.15, -0.1) is 0 Å². The molecule has 0 aliphatic carbocycles. The third-order valence-corrected chi connectivity index (χ3v) is 0.605. The van der Waals surface area contributed by atoms with Crippen LogP contribution < -0.4 is 0 Å². The molecule has 0 saturated heterocycles. The number of aliphatic carboxylic acids is 4. The minimum atomic E-state index is -1.31. The van der Waals surface area contributed by atoms with Crippen molar-refractivity contribution >= 4 is 23.9 Å². The molecule has 0 aromatic carbocycles. The van der Waals surface area contributed by atoms with Gasteiger partial charge in [-0.2, -0.15) is 0 Å². The van der Waals surface area contributed by atoms with Crippen molar-refractivity contribution < 1.29 is 78.6 Å². The Morgan fingerprint density at radius 1 is 0.562 bits per heavy atom. The van der Waals surface area contributed by atoms with Crippen molar-refractivity contribution in [2.24, 2.45) is 0 Å². The summed E-state index contributed by atoms with van der Waals surface area (Å²) < 4.78 is 0. The van der Waals surface area contributed by atoms with E-state index in [4.69, 9.17) is 20.4 Å². The molecule has 0 unspecified atom stereocenters. The quantitative estimate of drug-likeness (QED) is 0.380. The minimum Gasteiger partial charge on any atom is -0.481 e. The van der Waals surface area contributed by atoms with Crippen molar-refractivity contribution in [3.63, 3.8) is 0 Å². The summed E-state index contributed by atoms with van der Waals surface area (Å²) in [5, 5.41) is 30.8.